The largest absolute Gasteiger partial charge is 0.431 e. The molecule has 1 aromatic rings. The molecule has 0 bridgehead atoms. The molecule has 0 saturated heterocycles. The molecule has 0 radical (unpaired) electrons. The minimum atomic E-state index is -5.05. The molecular weight excluding hydrogens is 235 g/mol. The lowest BCUT2D eigenvalue weighted by Gasteiger charge is -2.14. The second-order valence-corrected chi connectivity index (χ2v) is 2.95. The van der Waals surface area contributed by atoms with Gasteiger partial charge in [0.25, 0.3) is 6.43 Å². The van der Waals surface area contributed by atoms with Crippen LogP contribution in [0.3, 0.4) is 0 Å². The summed E-state index contributed by atoms with van der Waals surface area (Å²) in [6.45, 7) is -0.563. The van der Waals surface area contributed by atoms with Gasteiger partial charge in [-0.2, -0.15) is 13.2 Å². The van der Waals surface area contributed by atoms with Crippen LogP contribution in [0, 0.1) is 0 Å². The third-order valence-electron chi connectivity index (χ3n) is 1.89. The van der Waals surface area contributed by atoms with Gasteiger partial charge in [-0.25, -0.2) is 8.78 Å². The van der Waals surface area contributed by atoms with Gasteiger partial charge in [0.15, 0.2) is 0 Å². The summed E-state index contributed by atoms with van der Waals surface area (Å²) in [7, 11) is 0. The van der Waals surface area contributed by atoms with Crippen LogP contribution >= 0.6 is 0 Å². The van der Waals surface area contributed by atoms with Gasteiger partial charge in [0, 0.05) is 12.6 Å². The van der Waals surface area contributed by atoms with Crippen LogP contribution in [0.1, 0.15) is 23.2 Å². The Morgan fingerprint density at radius 2 is 1.94 bits per heavy atom. The van der Waals surface area contributed by atoms with Crippen LogP contribution in [-0.4, -0.2) is 4.98 Å². The molecule has 0 aliphatic carbocycles. The molecule has 8 heteroatoms. The van der Waals surface area contributed by atoms with Crippen molar-refractivity contribution in [3.8, 4) is 0 Å². The third-order valence-corrected chi connectivity index (χ3v) is 1.89. The van der Waals surface area contributed by atoms with Crippen LogP contribution in [0.4, 0.5) is 22.0 Å². The maximum absolute atomic E-state index is 12.5. The fraction of sp³-hybridized carbons (Fsp3) is 0.375. The molecule has 0 spiro atoms. The number of alkyl halides is 5. The summed E-state index contributed by atoms with van der Waals surface area (Å²) in [5.41, 5.74) is 0.385. The molecule has 1 rings (SSSR count). The van der Waals surface area contributed by atoms with Crippen molar-refractivity contribution in [2.75, 3.05) is 0 Å². The van der Waals surface area contributed by atoms with Crippen LogP contribution in [0.25, 0.3) is 0 Å². The number of nitrogens with two attached hydrogens (primary N) is 1. The first-order chi connectivity index (χ1) is 7.27. The molecule has 16 heavy (non-hydrogen) atoms. The van der Waals surface area contributed by atoms with Gasteiger partial charge < -0.3 is 10.7 Å². The monoisotopic (exact) mass is 242 g/mol. The second-order valence-electron chi connectivity index (χ2n) is 2.95. The van der Waals surface area contributed by atoms with Gasteiger partial charge in [-0.3, -0.25) is 4.79 Å². The molecule has 3 nitrogen and oxygen atoms in total. The average Bonchev–Trinajstić information content (AvgIpc) is 2.14. The molecule has 0 fully saturated rings. The molecule has 0 atom stereocenters. The van der Waals surface area contributed by atoms with Crippen molar-refractivity contribution in [2.24, 2.45) is 5.73 Å². The maximum atomic E-state index is 12.5. The van der Waals surface area contributed by atoms with E-state index in [9.17, 15) is 26.7 Å². The highest BCUT2D eigenvalue weighted by Crippen LogP contribution is 2.35. The summed E-state index contributed by atoms with van der Waals surface area (Å²) in [4.78, 5) is 12.2. The Morgan fingerprint density at radius 3 is 2.31 bits per heavy atom. The summed E-state index contributed by atoms with van der Waals surface area (Å²) >= 11 is 0. The molecule has 0 aliphatic heterocycles. The Labute approximate surface area is 86.1 Å². The van der Waals surface area contributed by atoms with Crippen molar-refractivity contribution in [2.45, 2.75) is 19.1 Å². The summed E-state index contributed by atoms with van der Waals surface area (Å²) in [5.74, 6) is 0. The first-order valence-corrected chi connectivity index (χ1v) is 4.09. The highest BCUT2D eigenvalue weighted by atomic mass is 19.4. The average molecular weight is 242 g/mol. The smallest absolute Gasteiger partial charge is 0.326 e. The van der Waals surface area contributed by atoms with Crippen LogP contribution in [0.15, 0.2) is 10.9 Å². The van der Waals surface area contributed by atoms with E-state index in [0.29, 0.717) is 6.07 Å². The number of hydrogen-bond donors (Lipinski definition) is 2. The van der Waals surface area contributed by atoms with Gasteiger partial charge >= 0.3 is 6.18 Å². The van der Waals surface area contributed by atoms with Crippen LogP contribution in [0.2, 0.25) is 0 Å². The van der Waals surface area contributed by atoms with Gasteiger partial charge in [-0.1, -0.05) is 0 Å². The fourth-order valence-electron chi connectivity index (χ4n) is 1.26. The molecule has 0 amide bonds. The van der Waals surface area contributed by atoms with Crippen molar-refractivity contribution in [3.63, 3.8) is 0 Å². The van der Waals surface area contributed by atoms with E-state index in [-0.39, 0.29) is 0 Å². The Kier molecular flexibility index (Phi) is 3.32. The summed E-state index contributed by atoms with van der Waals surface area (Å²) < 4.78 is 62.0. The van der Waals surface area contributed by atoms with E-state index < -0.39 is 41.5 Å². The molecule has 3 N–H and O–H groups in total. The molecule has 90 valence electrons. The lowest BCUT2D eigenvalue weighted by atomic mass is 10.1. The highest BCUT2D eigenvalue weighted by molar-refractivity contribution is 5.32. The second kappa shape index (κ2) is 4.20. The van der Waals surface area contributed by atoms with Gasteiger partial charge in [-0.15, -0.1) is 0 Å². The van der Waals surface area contributed by atoms with Crippen LogP contribution in [0.5, 0.6) is 0 Å². The summed E-state index contributed by atoms with van der Waals surface area (Å²) in [5, 5.41) is 0. The first-order valence-electron chi connectivity index (χ1n) is 4.09. The third kappa shape index (κ3) is 2.38. The molecule has 0 saturated carbocycles. The minimum absolute atomic E-state index is 0.508. The lowest BCUT2D eigenvalue weighted by molar-refractivity contribution is -0.143. The van der Waals surface area contributed by atoms with Crippen molar-refractivity contribution < 1.29 is 22.0 Å². The van der Waals surface area contributed by atoms with Crippen molar-refractivity contribution >= 4 is 0 Å². The van der Waals surface area contributed by atoms with E-state index >= 15 is 0 Å². The van der Waals surface area contributed by atoms with Gasteiger partial charge in [0.1, 0.15) is 5.69 Å². The number of pyridine rings is 1. The van der Waals surface area contributed by atoms with E-state index in [1.54, 1.807) is 0 Å². The van der Waals surface area contributed by atoms with E-state index in [0.717, 1.165) is 0 Å². The predicted octanol–water partition coefficient (Wildman–Crippen LogP) is 1.79. The minimum Gasteiger partial charge on any atom is -0.326 e. The van der Waals surface area contributed by atoms with Crippen molar-refractivity contribution in [1.29, 1.82) is 0 Å². The molecule has 1 aromatic heterocycles. The first kappa shape index (κ1) is 12.6. The zero-order valence-corrected chi connectivity index (χ0v) is 7.74. The standard InChI is InChI=1S/C8H7F5N2O/c9-7(10)5-3(2-14)1-4(16)15-6(5)8(11,12)13/h1,7H,2,14H2,(H,15,16). The molecule has 1 heterocycles. The molecular formula is C8H7F5N2O. The number of aromatic amines is 1. The number of rotatable bonds is 2. The summed E-state index contributed by atoms with van der Waals surface area (Å²) in [6, 6.07) is 0.636. The van der Waals surface area contributed by atoms with Gasteiger partial charge in [0.2, 0.25) is 5.56 Å². The van der Waals surface area contributed by atoms with Crippen LogP contribution < -0.4 is 11.3 Å². The zero-order chi connectivity index (χ0) is 12.5. The topological polar surface area (TPSA) is 58.9 Å². The van der Waals surface area contributed by atoms with E-state index in [2.05, 4.69) is 0 Å². The fourth-order valence-corrected chi connectivity index (χ4v) is 1.26. The predicted molar refractivity (Wildman–Crippen MR) is 44.9 cm³/mol. The van der Waals surface area contributed by atoms with Gasteiger partial charge in [-0.05, 0) is 5.56 Å². The quantitative estimate of drug-likeness (QED) is 0.777. The number of halogens is 5. The number of nitrogens with one attached hydrogen (secondary N) is 1. The maximum Gasteiger partial charge on any atom is 0.431 e. The summed E-state index contributed by atoms with van der Waals surface area (Å²) in [6.07, 6.45) is -8.40. The lowest BCUT2D eigenvalue weighted by Crippen LogP contribution is -2.22. The normalized spacial score (nSPS) is 12.2. The Balaban J connectivity index is 3.58. The van der Waals surface area contributed by atoms with Crippen molar-refractivity contribution in [1.82, 2.24) is 4.98 Å². The zero-order valence-electron chi connectivity index (χ0n) is 7.74. The van der Waals surface area contributed by atoms with E-state index in [1.807, 2.05) is 0 Å². The molecule has 0 aromatic carbocycles. The Bertz CT molecular complexity index is 437. The van der Waals surface area contributed by atoms with Crippen molar-refractivity contribution in [3.05, 3.63) is 33.2 Å². The van der Waals surface area contributed by atoms with Gasteiger partial charge in [0.05, 0.1) is 5.56 Å². The Morgan fingerprint density at radius 1 is 1.38 bits per heavy atom. The highest BCUT2D eigenvalue weighted by Gasteiger charge is 2.38. The number of aromatic nitrogens is 1. The molecule has 0 unspecified atom stereocenters. The van der Waals surface area contributed by atoms with E-state index in [4.69, 9.17) is 5.73 Å². The Hall–Kier alpha value is -1.44. The van der Waals surface area contributed by atoms with E-state index in [1.165, 1.54) is 4.98 Å². The SMILES string of the molecule is NCc1cc(=O)[nH]c(C(F)(F)F)c1C(F)F. The van der Waals surface area contributed by atoms with Crippen LogP contribution in [-0.2, 0) is 12.7 Å². The number of hydrogen-bond acceptors (Lipinski definition) is 2. The number of H-pyrrole nitrogens is 1. The molecule has 0 aliphatic rings.